The van der Waals surface area contributed by atoms with Gasteiger partial charge in [-0.3, -0.25) is 20.2 Å². The summed E-state index contributed by atoms with van der Waals surface area (Å²) >= 11 is 0. The Bertz CT molecular complexity index is 301. The zero-order valence-electron chi connectivity index (χ0n) is 8.95. The van der Waals surface area contributed by atoms with Gasteiger partial charge >= 0.3 is 12.0 Å². The standard InChI is InChI=1S/C9H15N3O4/c1-5(8(14)15)10-4-7(13)12-9(16)11-6-2-3-6/h5-6,10H,2-4H2,1H3,(H,14,15)(H2,11,12,13,16). The molecule has 0 spiro atoms. The van der Waals surface area contributed by atoms with Crippen LogP contribution >= 0.6 is 0 Å². The largest absolute Gasteiger partial charge is 0.480 e. The molecule has 7 heteroatoms. The number of amides is 3. The fraction of sp³-hybridized carbons (Fsp3) is 0.667. The fourth-order valence-electron chi connectivity index (χ4n) is 0.953. The molecule has 0 aromatic heterocycles. The maximum absolute atomic E-state index is 11.2. The molecule has 0 radical (unpaired) electrons. The van der Waals surface area contributed by atoms with E-state index in [0.29, 0.717) is 0 Å². The molecule has 0 saturated heterocycles. The predicted octanol–water partition coefficient (Wildman–Crippen LogP) is -0.963. The quantitative estimate of drug-likeness (QED) is 0.485. The van der Waals surface area contributed by atoms with Crippen molar-refractivity contribution in [1.82, 2.24) is 16.0 Å². The maximum atomic E-state index is 11.2. The zero-order chi connectivity index (χ0) is 12.1. The molecule has 90 valence electrons. The summed E-state index contributed by atoms with van der Waals surface area (Å²) in [6, 6.07) is -1.17. The third-order valence-electron chi connectivity index (χ3n) is 2.10. The van der Waals surface area contributed by atoms with Crippen molar-refractivity contribution >= 4 is 17.9 Å². The van der Waals surface area contributed by atoms with Crippen LogP contribution in [-0.2, 0) is 9.59 Å². The van der Waals surface area contributed by atoms with E-state index < -0.39 is 23.9 Å². The van der Waals surface area contributed by atoms with Crippen molar-refractivity contribution in [3.05, 3.63) is 0 Å². The number of carbonyl (C=O) groups excluding carboxylic acids is 2. The van der Waals surface area contributed by atoms with Crippen LogP contribution in [0.4, 0.5) is 4.79 Å². The highest BCUT2D eigenvalue weighted by molar-refractivity contribution is 5.95. The molecular weight excluding hydrogens is 214 g/mol. The summed E-state index contributed by atoms with van der Waals surface area (Å²) in [4.78, 5) is 32.7. The molecule has 4 N–H and O–H groups in total. The average Bonchev–Trinajstić information content (AvgIpc) is 2.97. The second kappa shape index (κ2) is 5.45. The van der Waals surface area contributed by atoms with Gasteiger partial charge in [-0.15, -0.1) is 0 Å². The van der Waals surface area contributed by atoms with E-state index in [1.54, 1.807) is 0 Å². The molecule has 0 aromatic rings. The first-order valence-corrected chi connectivity index (χ1v) is 5.05. The normalized spacial score (nSPS) is 16.3. The second-order valence-electron chi connectivity index (χ2n) is 3.74. The van der Waals surface area contributed by atoms with Crippen LogP contribution in [0.3, 0.4) is 0 Å². The molecule has 1 aliphatic carbocycles. The van der Waals surface area contributed by atoms with Crippen molar-refractivity contribution < 1.29 is 19.5 Å². The fourth-order valence-corrected chi connectivity index (χ4v) is 0.953. The van der Waals surface area contributed by atoms with Gasteiger partial charge in [-0.25, -0.2) is 4.79 Å². The minimum absolute atomic E-state index is 0.179. The highest BCUT2D eigenvalue weighted by Gasteiger charge is 2.23. The molecule has 7 nitrogen and oxygen atoms in total. The Labute approximate surface area is 92.6 Å². The summed E-state index contributed by atoms with van der Waals surface area (Å²) in [5.41, 5.74) is 0. The first kappa shape index (κ1) is 12.4. The minimum atomic E-state index is -1.05. The lowest BCUT2D eigenvalue weighted by Gasteiger charge is -2.09. The lowest BCUT2D eigenvalue weighted by Crippen LogP contribution is -2.46. The van der Waals surface area contributed by atoms with Gasteiger partial charge in [0.25, 0.3) is 0 Å². The van der Waals surface area contributed by atoms with Crippen molar-refractivity contribution in [2.24, 2.45) is 0 Å². The highest BCUT2D eigenvalue weighted by Crippen LogP contribution is 2.18. The Morgan fingerprint density at radius 2 is 2.00 bits per heavy atom. The van der Waals surface area contributed by atoms with Crippen LogP contribution in [0.15, 0.2) is 0 Å². The van der Waals surface area contributed by atoms with Crippen LogP contribution in [-0.4, -0.2) is 41.6 Å². The number of hydrogen-bond donors (Lipinski definition) is 4. The van der Waals surface area contributed by atoms with E-state index in [1.165, 1.54) is 6.92 Å². The van der Waals surface area contributed by atoms with Crippen molar-refractivity contribution in [1.29, 1.82) is 0 Å². The summed E-state index contributed by atoms with van der Waals surface area (Å²) in [7, 11) is 0. The van der Waals surface area contributed by atoms with E-state index in [0.717, 1.165) is 12.8 Å². The van der Waals surface area contributed by atoms with Crippen molar-refractivity contribution in [3.8, 4) is 0 Å². The van der Waals surface area contributed by atoms with Crippen LogP contribution in [0.1, 0.15) is 19.8 Å². The molecule has 1 unspecified atom stereocenters. The van der Waals surface area contributed by atoms with Gasteiger partial charge in [-0.05, 0) is 19.8 Å². The van der Waals surface area contributed by atoms with Crippen LogP contribution in [0.2, 0.25) is 0 Å². The van der Waals surface area contributed by atoms with Crippen molar-refractivity contribution in [3.63, 3.8) is 0 Å². The van der Waals surface area contributed by atoms with E-state index in [1.807, 2.05) is 0 Å². The number of carboxylic acid groups (broad SMARTS) is 1. The van der Waals surface area contributed by atoms with E-state index >= 15 is 0 Å². The molecule has 1 fully saturated rings. The predicted molar refractivity (Wildman–Crippen MR) is 54.8 cm³/mol. The smallest absolute Gasteiger partial charge is 0.321 e. The molecule has 0 aliphatic heterocycles. The van der Waals surface area contributed by atoms with Crippen LogP contribution < -0.4 is 16.0 Å². The maximum Gasteiger partial charge on any atom is 0.321 e. The molecule has 1 saturated carbocycles. The molecule has 0 bridgehead atoms. The first-order chi connectivity index (χ1) is 7.49. The lowest BCUT2D eigenvalue weighted by atomic mass is 10.3. The summed E-state index contributed by atoms with van der Waals surface area (Å²) in [5.74, 6) is -1.60. The Morgan fingerprint density at radius 1 is 1.38 bits per heavy atom. The number of urea groups is 1. The van der Waals surface area contributed by atoms with E-state index in [9.17, 15) is 14.4 Å². The number of nitrogens with one attached hydrogen (secondary N) is 3. The number of imide groups is 1. The van der Waals surface area contributed by atoms with Crippen molar-refractivity contribution in [2.75, 3.05) is 6.54 Å². The van der Waals surface area contributed by atoms with Crippen LogP contribution in [0, 0.1) is 0 Å². The second-order valence-corrected chi connectivity index (χ2v) is 3.74. The van der Waals surface area contributed by atoms with Gasteiger partial charge in [0.05, 0.1) is 6.54 Å². The molecule has 1 atom stereocenters. The Balaban J connectivity index is 2.14. The van der Waals surface area contributed by atoms with E-state index in [4.69, 9.17) is 5.11 Å². The van der Waals surface area contributed by atoms with Crippen molar-refractivity contribution in [2.45, 2.75) is 31.8 Å². The summed E-state index contributed by atoms with van der Waals surface area (Å²) in [5, 5.41) is 15.7. The summed E-state index contributed by atoms with van der Waals surface area (Å²) in [6.07, 6.45) is 1.88. The van der Waals surface area contributed by atoms with Gasteiger partial charge in [0.15, 0.2) is 0 Å². The zero-order valence-corrected chi connectivity index (χ0v) is 8.95. The molecule has 1 rings (SSSR count). The van der Waals surface area contributed by atoms with Gasteiger partial charge in [0.2, 0.25) is 5.91 Å². The topological polar surface area (TPSA) is 108 Å². The van der Waals surface area contributed by atoms with Gasteiger partial charge < -0.3 is 10.4 Å². The Hall–Kier alpha value is -1.63. The third-order valence-corrected chi connectivity index (χ3v) is 2.10. The molecule has 1 aliphatic rings. The number of carbonyl (C=O) groups is 3. The van der Waals surface area contributed by atoms with Crippen LogP contribution in [0.5, 0.6) is 0 Å². The number of carboxylic acids is 1. The number of rotatable bonds is 5. The molecular formula is C9H15N3O4. The number of aliphatic carboxylic acids is 1. The average molecular weight is 229 g/mol. The van der Waals surface area contributed by atoms with Gasteiger partial charge in [0.1, 0.15) is 6.04 Å². The van der Waals surface area contributed by atoms with E-state index in [-0.39, 0.29) is 12.6 Å². The molecule has 3 amide bonds. The molecule has 0 aromatic carbocycles. The molecule has 16 heavy (non-hydrogen) atoms. The molecule has 0 heterocycles. The Kier molecular flexibility index (Phi) is 4.24. The SMILES string of the molecule is CC(NCC(=O)NC(=O)NC1CC1)C(=O)O. The minimum Gasteiger partial charge on any atom is -0.480 e. The number of hydrogen-bond acceptors (Lipinski definition) is 4. The highest BCUT2D eigenvalue weighted by atomic mass is 16.4. The van der Waals surface area contributed by atoms with E-state index in [2.05, 4.69) is 16.0 Å². The lowest BCUT2D eigenvalue weighted by molar-refractivity contribution is -0.139. The third kappa shape index (κ3) is 4.74. The summed E-state index contributed by atoms with van der Waals surface area (Å²) in [6.45, 7) is 1.21. The Morgan fingerprint density at radius 3 is 2.50 bits per heavy atom. The van der Waals surface area contributed by atoms with Gasteiger partial charge in [-0.2, -0.15) is 0 Å². The van der Waals surface area contributed by atoms with Gasteiger partial charge in [0, 0.05) is 6.04 Å². The van der Waals surface area contributed by atoms with Crippen LogP contribution in [0.25, 0.3) is 0 Å². The van der Waals surface area contributed by atoms with Gasteiger partial charge in [-0.1, -0.05) is 0 Å². The monoisotopic (exact) mass is 229 g/mol. The summed E-state index contributed by atoms with van der Waals surface area (Å²) < 4.78 is 0. The first-order valence-electron chi connectivity index (χ1n) is 5.05.